The van der Waals surface area contributed by atoms with Gasteiger partial charge in [0.1, 0.15) is 165 Å². The quantitative estimate of drug-likeness (QED) is 0.00672. The summed E-state index contributed by atoms with van der Waals surface area (Å²) in [6, 6.07) is -8.51. The van der Waals surface area contributed by atoms with Crippen molar-refractivity contribution >= 4 is 103 Å². The lowest BCUT2D eigenvalue weighted by molar-refractivity contribution is -0.433. The van der Waals surface area contributed by atoms with Crippen molar-refractivity contribution < 1.29 is 263 Å². The lowest BCUT2D eigenvalue weighted by Crippen LogP contribution is -2.69. The highest BCUT2D eigenvalue weighted by Gasteiger charge is 2.59. The maximum Gasteiger partial charge on any atom is 0.397 e. The van der Waals surface area contributed by atoms with Gasteiger partial charge in [-0.25, -0.2) is 66.6 Å². The molecule has 8 aliphatic heterocycles. The molecule has 0 aromatic carbocycles. The van der Waals surface area contributed by atoms with Crippen molar-refractivity contribution in [3.8, 4) is 0 Å². The van der Waals surface area contributed by atoms with Crippen LogP contribution in [0.4, 0.5) is 0 Å². The molecule has 61 nitrogen and oxygen atoms in total. The van der Waals surface area contributed by atoms with Gasteiger partial charge in [0, 0.05) is 33.0 Å². The van der Waals surface area contributed by atoms with Gasteiger partial charge in [-0.1, -0.05) is 32.1 Å². The van der Waals surface area contributed by atoms with E-state index in [2.05, 4.69) is 87.2 Å². The Bertz CT molecular complexity index is 3490. The standard InChI is InChI=1S/C52H95N5O56S9/c1-7-8-84-40-16(2)89-27(9-20(40)58)97-44-23(12-85-119(71,72)73)94-50(32(37(44)63)55-116-111-106-68)100-41-17(3)90-28(10-21(41)59)98-45-24(13-86-120(74,75)76)95-51(33(38(45)64)56-117-112-107-69)101-42-18(4)91-29(11-22(42)60)99-46-25(14-87-121(77,78)79)96-52(34(39(46)65)57-118-113-108-70)102-43-19(5)92-49(31(35(43)61)54-115-110-105-67)103-47-26(15-88-122(80,81)82)93-48(83-6)30(36(47)62)53-114-109-104-66/h16-70H,7-15H2,1-6H3,(H,71,72,73)(H,74,75,76)(H,77,78,79)(H,80,81,82)/t16?,17?,18?,19?,20-,21-,22-,23?,24?,25?,26?,27-,28-,29-,30?,31?,32?,33?,34?,35-,36+,37+,38+,39+,40+,41-,42-,43-,44+,45+,46+,47+,48+,49-,50-,51-,52-/m0/s1. The summed E-state index contributed by atoms with van der Waals surface area (Å²) in [5.74, 6) is 0. The molecule has 0 bridgehead atoms. The molecule has 37 atom stereocenters. The van der Waals surface area contributed by atoms with E-state index in [4.69, 9.17) is 107 Å². The lowest BCUT2D eigenvalue weighted by atomic mass is 9.94. The van der Waals surface area contributed by atoms with Gasteiger partial charge in [0.15, 0.2) is 50.3 Å². The molecule has 0 spiro atoms. The number of hydrogen-bond donors (Lipinski definition) is 22. The Kier molecular flexibility index (Phi) is 44.2. The highest BCUT2D eigenvalue weighted by atomic mass is 32.3. The second kappa shape index (κ2) is 50.5. The molecule has 0 aromatic rings. The molecular weight excluding hydrogens is 1880 g/mol. The maximum atomic E-state index is 12.3. The van der Waals surface area contributed by atoms with Crippen LogP contribution in [0.25, 0.3) is 0 Å². The molecular formula is C52H95N5O56S9. The van der Waals surface area contributed by atoms with Crippen molar-refractivity contribution in [3.63, 3.8) is 0 Å². The van der Waals surface area contributed by atoms with Gasteiger partial charge >= 0.3 is 41.6 Å². The first-order valence-electron chi connectivity index (χ1n) is 35.5. The van der Waals surface area contributed by atoms with Crippen molar-refractivity contribution in [2.75, 3.05) is 40.1 Å². The minimum Gasteiger partial charge on any atom is -0.390 e. The average Bonchev–Trinajstić information content (AvgIpc) is 0.769. The van der Waals surface area contributed by atoms with E-state index in [1.165, 1.54) is 20.8 Å². The zero-order valence-corrected chi connectivity index (χ0v) is 70.8. The molecule has 13 unspecified atom stereocenters. The molecule has 70 heteroatoms. The number of methoxy groups -OCH3 is 1. The van der Waals surface area contributed by atoms with Crippen molar-refractivity contribution in [1.29, 1.82) is 0 Å². The molecule has 0 aromatic heterocycles. The second-order valence-electron chi connectivity index (χ2n) is 27.0. The predicted octanol–water partition coefficient (Wildman–Crippen LogP) is -6.95. The van der Waals surface area contributed by atoms with Gasteiger partial charge in [-0.15, -0.1) is 21.7 Å². The van der Waals surface area contributed by atoms with Crippen LogP contribution in [0.1, 0.15) is 60.3 Å². The van der Waals surface area contributed by atoms with Crippen molar-refractivity contribution in [2.24, 2.45) is 0 Å². The Balaban J connectivity index is 0.979. The minimum absolute atomic E-state index is 0.0200. The van der Waals surface area contributed by atoms with Crippen LogP contribution in [0, 0.1) is 0 Å². The van der Waals surface area contributed by atoms with E-state index >= 15 is 0 Å². The summed E-state index contributed by atoms with van der Waals surface area (Å²) in [6.45, 7) is 2.70. The summed E-state index contributed by atoms with van der Waals surface area (Å²) in [5.41, 5.74) is 0. The van der Waals surface area contributed by atoms with Gasteiger partial charge in [-0.05, 0) is 34.1 Å². The van der Waals surface area contributed by atoms with E-state index in [0.717, 1.165) is 7.11 Å². The number of ether oxygens (including phenoxy) is 17. The Morgan fingerprint density at radius 1 is 0.328 bits per heavy atom. The van der Waals surface area contributed by atoms with Crippen LogP contribution in [0.2, 0.25) is 0 Å². The molecule has 8 fully saturated rings. The van der Waals surface area contributed by atoms with Gasteiger partial charge in [0.2, 0.25) is 0 Å². The molecule has 122 heavy (non-hydrogen) atoms. The van der Waals surface area contributed by atoms with Crippen LogP contribution in [0.3, 0.4) is 0 Å². The number of aliphatic hydroxyl groups is 8. The molecule has 0 amide bonds. The van der Waals surface area contributed by atoms with Crippen LogP contribution < -0.4 is 23.6 Å². The van der Waals surface area contributed by atoms with Crippen molar-refractivity contribution in [1.82, 2.24) is 23.6 Å². The number of hydrogen-bond acceptors (Lipinski definition) is 62. The largest absolute Gasteiger partial charge is 0.397 e. The third-order valence-electron chi connectivity index (χ3n) is 19.0. The number of rotatable bonds is 50. The molecule has 0 radical (unpaired) electrons. The van der Waals surface area contributed by atoms with Crippen LogP contribution >= 0.6 is 61.1 Å². The molecule has 0 saturated carbocycles. The first-order valence-corrected chi connectivity index (χ1v) is 44.7. The van der Waals surface area contributed by atoms with Crippen LogP contribution in [0.15, 0.2) is 0 Å². The summed E-state index contributed by atoms with van der Waals surface area (Å²) < 4.78 is 290. The SMILES string of the molecule is CCCO[C@@H]1C(C)O[C@@H](O[C@@H]2C(COS(=O)(=O)O)O[C@@H](O[C@H]3C(C)O[C@@H](O[C@@H]4C(COS(=O)(=O)O)O[C@@H](O[C@H]5C(C)O[C@@H](O[C@@H]6C(COS(=O)(=O)O)O[C@@H](O[C@H]7C(C)O[C@@H](O[C@@H]8C(COS(=O)(=O)O)O[C@@H](OC)C(NSOOO)[C@H]8O)C(NSOOO)[C@@H]7O)C(NSOOO)[C@H]6O)C[C@@H]5O)C(NSOOO)[C@H]4O)C[C@@H]3O)C(NSOOO)[C@H]2O)C[C@@H]1O. The summed E-state index contributed by atoms with van der Waals surface area (Å²) in [7, 11) is -20.2. The second-order valence-corrected chi connectivity index (χ2v) is 34.1. The third-order valence-corrected chi connectivity index (χ3v) is 23.3. The van der Waals surface area contributed by atoms with Crippen LogP contribution in [-0.2, 0) is 186 Å². The normalized spacial score (nSPS) is 41.0. The molecule has 718 valence electrons. The van der Waals surface area contributed by atoms with Gasteiger partial charge in [0.05, 0.1) is 99.4 Å². The Labute approximate surface area is 713 Å². The van der Waals surface area contributed by atoms with Gasteiger partial charge in [-0.2, -0.15) is 33.7 Å². The van der Waals surface area contributed by atoms with E-state index < -0.39 is 308 Å². The zero-order chi connectivity index (χ0) is 89.7. The highest BCUT2D eigenvalue weighted by Crippen LogP contribution is 2.41. The van der Waals surface area contributed by atoms with Crippen LogP contribution in [0.5, 0.6) is 0 Å². The first-order chi connectivity index (χ1) is 57.6. The number of nitrogens with one attached hydrogen (secondary N) is 5. The minimum atomic E-state index is -5.44. The molecule has 22 N–H and O–H groups in total. The van der Waals surface area contributed by atoms with Gasteiger partial charge in [0.25, 0.3) is 0 Å². The fourth-order valence-corrected chi connectivity index (χ4v) is 17.2. The third kappa shape index (κ3) is 31.5. The molecule has 8 heterocycles. The maximum absolute atomic E-state index is 12.3. The predicted molar refractivity (Wildman–Crippen MR) is 382 cm³/mol. The topological polar surface area (TPSA) is 827 Å². The fourth-order valence-electron chi connectivity index (χ4n) is 13.8. The summed E-state index contributed by atoms with van der Waals surface area (Å²) in [4.78, 5) is 0. The Morgan fingerprint density at radius 2 is 0.566 bits per heavy atom. The van der Waals surface area contributed by atoms with E-state index in [1.54, 1.807) is 6.92 Å². The Morgan fingerprint density at radius 3 is 0.836 bits per heavy atom. The van der Waals surface area contributed by atoms with Gasteiger partial charge in [-0.3, -0.25) is 18.2 Å². The zero-order valence-electron chi connectivity index (χ0n) is 63.4. The summed E-state index contributed by atoms with van der Waals surface area (Å²) >= 11 is 0.424. The fraction of sp³-hybridized carbons (Fsp3) is 1.00. The molecule has 8 rings (SSSR count). The van der Waals surface area contributed by atoms with Crippen molar-refractivity contribution in [3.05, 3.63) is 0 Å². The van der Waals surface area contributed by atoms with E-state index in [-0.39, 0.29) is 74.2 Å². The highest BCUT2D eigenvalue weighted by molar-refractivity contribution is 7.93. The lowest BCUT2D eigenvalue weighted by Gasteiger charge is -2.50. The van der Waals surface area contributed by atoms with Crippen molar-refractivity contribution in [2.45, 2.75) is 287 Å². The van der Waals surface area contributed by atoms with E-state index in [9.17, 15) is 92.7 Å². The average molecular weight is 1970 g/mol. The molecule has 8 aliphatic rings. The summed E-state index contributed by atoms with van der Waals surface area (Å²) in [6.07, 6.45) is -56.4. The molecule has 8 saturated heterocycles. The monoisotopic (exact) mass is 1970 g/mol. The summed E-state index contributed by atoms with van der Waals surface area (Å²) in [5, 5.41) is 158. The van der Waals surface area contributed by atoms with Gasteiger partial charge < -0.3 is 121 Å². The number of aliphatic hydroxyl groups excluding tert-OH is 8. The van der Waals surface area contributed by atoms with Crippen LogP contribution in [-0.4, -0.2) is 386 Å². The Hall–Kier alpha value is -0.570. The first kappa shape index (κ1) is 107. The van der Waals surface area contributed by atoms with E-state index in [1.807, 2.05) is 6.92 Å². The molecule has 0 aliphatic carbocycles. The smallest absolute Gasteiger partial charge is 0.390 e. The van der Waals surface area contributed by atoms with E-state index in [0.29, 0.717) is 6.42 Å².